The van der Waals surface area contributed by atoms with E-state index in [-0.39, 0.29) is 30.4 Å². The molecule has 0 fully saturated rings. The quantitative estimate of drug-likeness (QED) is 0.407. The predicted octanol–water partition coefficient (Wildman–Crippen LogP) is 4.13. The van der Waals surface area contributed by atoms with E-state index in [2.05, 4.69) is 15.4 Å². The molecule has 1 aromatic carbocycles. The number of rotatable bonds is 8. The fourth-order valence-corrected chi connectivity index (χ4v) is 4.90. The van der Waals surface area contributed by atoms with Crippen molar-refractivity contribution in [2.75, 3.05) is 6.54 Å². The third-order valence-electron chi connectivity index (χ3n) is 4.75. The molecule has 170 valence electrons. The molecule has 4 rings (SSSR count). The van der Waals surface area contributed by atoms with Gasteiger partial charge in [0.05, 0.1) is 22.0 Å². The van der Waals surface area contributed by atoms with Crippen molar-refractivity contribution in [1.82, 2.24) is 20.1 Å². The maximum absolute atomic E-state index is 13.0. The van der Waals surface area contributed by atoms with Crippen molar-refractivity contribution in [3.05, 3.63) is 75.8 Å². The number of benzene rings is 1. The van der Waals surface area contributed by atoms with Crippen LogP contribution in [-0.4, -0.2) is 33.3 Å². The van der Waals surface area contributed by atoms with Gasteiger partial charge in [0.25, 0.3) is 11.5 Å². The highest BCUT2D eigenvalue weighted by molar-refractivity contribution is 7.23. The van der Waals surface area contributed by atoms with Crippen molar-refractivity contribution in [3.8, 4) is 26.2 Å². The van der Waals surface area contributed by atoms with E-state index in [0.717, 1.165) is 20.5 Å². The van der Waals surface area contributed by atoms with Crippen molar-refractivity contribution in [3.63, 3.8) is 0 Å². The molecule has 3 aromatic heterocycles. The van der Waals surface area contributed by atoms with Crippen molar-refractivity contribution in [2.45, 2.75) is 26.5 Å². The molecule has 1 N–H and O–H groups in total. The van der Waals surface area contributed by atoms with Gasteiger partial charge in [-0.3, -0.25) is 9.59 Å². The van der Waals surface area contributed by atoms with Crippen LogP contribution in [0.15, 0.2) is 58.7 Å². The predicted molar refractivity (Wildman–Crippen MR) is 127 cm³/mol. The summed E-state index contributed by atoms with van der Waals surface area (Å²) in [5.41, 5.74) is 1.25. The molecular weight excluding hydrogens is 463 g/mol. The third-order valence-corrected chi connectivity index (χ3v) is 6.97. The van der Waals surface area contributed by atoms with E-state index in [0.29, 0.717) is 11.4 Å². The average molecular weight is 485 g/mol. The number of halogens is 1. The maximum Gasteiger partial charge on any atom is 0.266 e. The van der Waals surface area contributed by atoms with E-state index in [1.165, 1.54) is 46.4 Å². The molecule has 1 atom stereocenters. The topological polar surface area (TPSA) is 86.1 Å². The number of nitrogens with one attached hydrogen (secondary N) is 1. The highest BCUT2D eigenvalue weighted by Gasteiger charge is 2.16. The zero-order chi connectivity index (χ0) is 23.4. The maximum atomic E-state index is 13.0. The van der Waals surface area contributed by atoms with Gasteiger partial charge in [0, 0.05) is 12.6 Å². The molecule has 0 aliphatic heterocycles. The smallest absolute Gasteiger partial charge is 0.266 e. The Morgan fingerprint density at radius 1 is 1.21 bits per heavy atom. The summed E-state index contributed by atoms with van der Waals surface area (Å²) in [7, 11) is 0. The lowest BCUT2D eigenvalue weighted by atomic mass is 10.3. The fraction of sp³-hybridized carbons (Fsp3) is 0.217. The largest absolute Gasteiger partial charge is 0.481 e. The second-order valence-corrected chi connectivity index (χ2v) is 9.14. The molecular formula is C23H21FN4O3S2. The van der Waals surface area contributed by atoms with Gasteiger partial charge in [-0.15, -0.1) is 22.7 Å². The van der Waals surface area contributed by atoms with Gasteiger partial charge in [0.2, 0.25) is 0 Å². The molecule has 7 nitrogen and oxygen atoms in total. The van der Waals surface area contributed by atoms with Gasteiger partial charge >= 0.3 is 0 Å². The molecule has 1 amide bonds. The fourth-order valence-electron chi connectivity index (χ4n) is 3.07. The molecule has 0 aliphatic carbocycles. The minimum Gasteiger partial charge on any atom is -0.481 e. The summed E-state index contributed by atoms with van der Waals surface area (Å²) in [6.07, 6.45) is -0.776. The van der Waals surface area contributed by atoms with Gasteiger partial charge in [-0.25, -0.2) is 14.1 Å². The zero-order valence-electron chi connectivity index (χ0n) is 17.9. The number of ether oxygens (including phenoxy) is 1. The summed E-state index contributed by atoms with van der Waals surface area (Å²) in [5, 5.41) is 10.1. The number of nitrogens with zero attached hydrogens (tertiary/aromatic N) is 3. The minimum atomic E-state index is -0.776. The number of thiophene rings is 1. The summed E-state index contributed by atoms with van der Waals surface area (Å²) in [4.78, 5) is 31.2. The van der Waals surface area contributed by atoms with Crippen LogP contribution in [0.5, 0.6) is 5.75 Å². The van der Waals surface area contributed by atoms with E-state index in [1.54, 1.807) is 24.3 Å². The molecule has 0 radical (unpaired) electrons. The highest BCUT2D eigenvalue weighted by atomic mass is 32.1. The standard InChI is InChI=1S/C23H21FN4O3S2/c1-14-21(33-23(26-14)19-4-3-13-32-19)18-9-10-20(29)28(27-18)12-11-25-22(30)15(2)31-17-7-5-16(24)6-8-17/h3-10,13,15H,11-12H2,1-2H3,(H,25,30). The normalized spacial score (nSPS) is 11.8. The van der Waals surface area contributed by atoms with Crippen molar-refractivity contribution >= 4 is 28.6 Å². The Hall–Kier alpha value is -3.37. The molecule has 0 spiro atoms. The average Bonchev–Trinajstić information content (AvgIpc) is 3.46. The van der Waals surface area contributed by atoms with E-state index in [1.807, 2.05) is 24.4 Å². The van der Waals surface area contributed by atoms with Gasteiger partial charge in [-0.2, -0.15) is 5.10 Å². The first kappa shape index (κ1) is 22.8. The summed E-state index contributed by atoms with van der Waals surface area (Å²) < 4.78 is 19.8. The van der Waals surface area contributed by atoms with Crippen LogP contribution in [0, 0.1) is 12.7 Å². The highest BCUT2D eigenvalue weighted by Crippen LogP contribution is 2.35. The minimum absolute atomic E-state index is 0.203. The Kier molecular flexibility index (Phi) is 6.95. The van der Waals surface area contributed by atoms with Crippen LogP contribution < -0.4 is 15.6 Å². The monoisotopic (exact) mass is 484 g/mol. The Balaban J connectivity index is 1.39. The molecule has 10 heteroatoms. The van der Waals surface area contributed by atoms with Crippen molar-refractivity contribution in [1.29, 1.82) is 0 Å². The van der Waals surface area contributed by atoms with Crippen molar-refractivity contribution < 1.29 is 13.9 Å². The van der Waals surface area contributed by atoms with Crippen LogP contribution in [-0.2, 0) is 11.3 Å². The van der Waals surface area contributed by atoms with E-state index in [9.17, 15) is 14.0 Å². The number of hydrogen-bond donors (Lipinski definition) is 1. The molecule has 3 heterocycles. The van der Waals surface area contributed by atoms with Gasteiger partial charge in [-0.05, 0) is 55.6 Å². The summed E-state index contributed by atoms with van der Waals surface area (Å²) >= 11 is 3.15. The number of amides is 1. The number of aromatic nitrogens is 3. The molecule has 0 bridgehead atoms. The van der Waals surface area contributed by atoms with E-state index >= 15 is 0 Å². The first-order valence-electron chi connectivity index (χ1n) is 10.2. The molecule has 0 saturated carbocycles. The lowest BCUT2D eigenvalue weighted by Gasteiger charge is -2.15. The molecule has 4 aromatic rings. The number of aryl methyl sites for hydroxylation is 1. The second kappa shape index (κ2) is 10.1. The van der Waals surface area contributed by atoms with Crippen LogP contribution in [0.4, 0.5) is 4.39 Å². The Bertz CT molecular complexity index is 1300. The van der Waals surface area contributed by atoms with Crippen LogP contribution >= 0.6 is 22.7 Å². The number of thiazole rings is 1. The number of hydrogen-bond acceptors (Lipinski definition) is 7. The SMILES string of the molecule is Cc1nc(-c2cccs2)sc1-c1ccc(=O)n(CCNC(=O)C(C)Oc2ccc(F)cc2)n1. The molecule has 1 unspecified atom stereocenters. The molecule has 0 saturated heterocycles. The van der Waals surface area contributed by atoms with Gasteiger partial charge in [0.15, 0.2) is 6.10 Å². The first-order chi connectivity index (χ1) is 15.9. The summed E-state index contributed by atoms with van der Waals surface area (Å²) in [6.45, 7) is 3.93. The lowest BCUT2D eigenvalue weighted by Crippen LogP contribution is -2.39. The Morgan fingerprint density at radius 2 is 2.00 bits per heavy atom. The zero-order valence-corrected chi connectivity index (χ0v) is 19.6. The van der Waals surface area contributed by atoms with Gasteiger partial charge in [-0.1, -0.05) is 6.07 Å². The Morgan fingerprint density at radius 3 is 2.73 bits per heavy atom. The van der Waals surface area contributed by atoms with Crippen LogP contribution in [0.25, 0.3) is 20.5 Å². The Labute approximate surface area is 197 Å². The van der Waals surface area contributed by atoms with Gasteiger partial charge < -0.3 is 10.1 Å². The van der Waals surface area contributed by atoms with Crippen LogP contribution in [0.3, 0.4) is 0 Å². The summed E-state index contributed by atoms with van der Waals surface area (Å²) in [6, 6.07) is 12.6. The first-order valence-corrected chi connectivity index (χ1v) is 11.9. The lowest BCUT2D eigenvalue weighted by molar-refractivity contribution is -0.127. The van der Waals surface area contributed by atoms with E-state index in [4.69, 9.17) is 4.74 Å². The molecule has 0 aliphatic rings. The van der Waals surface area contributed by atoms with Crippen LogP contribution in [0.2, 0.25) is 0 Å². The number of carbonyl (C=O) groups is 1. The molecule has 33 heavy (non-hydrogen) atoms. The van der Waals surface area contributed by atoms with Gasteiger partial charge in [0.1, 0.15) is 22.3 Å². The van der Waals surface area contributed by atoms with Crippen molar-refractivity contribution in [2.24, 2.45) is 0 Å². The third kappa shape index (κ3) is 5.52. The second-order valence-electron chi connectivity index (χ2n) is 7.20. The number of carbonyl (C=O) groups excluding carboxylic acids is 1. The van der Waals surface area contributed by atoms with E-state index < -0.39 is 6.10 Å². The summed E-state index contributed by atoms with van der Waals surface area (Å²) in [5.74, 6) is -0.329. The van der Waals surface area contributed by atoms with Crippen LogP contribution in [0.1, 0.15) is 12.6 Å².